The first-order chi connectivity index (χ1) is 11.5. The second kappa shape index (κ2) is 6.76. The number of anilines is 2. The maximum absolute atomic E-state index is 12.0. The fraction of sp³-hybridized carbons (Fsp3) is 0.111. The molecule has 6 heteroatoms. The van der Waals surface area contributed by atoms with Crippen LogP contribution in [0.3, 0.4) is 0 Å². The number of hydrogen-bond donors (Lipinski definition) is 2. The van der Waals surface area contributed by atoms with Crippen LogP contribution in [-0.2, 0) is 0 Å². The molecule has 0 saturated carbocycles. The monoisotopic (exact) mass is 341 g/mol. The molecule has 0 aliphatic heterocycles. The number of halogens is 1. The smallest absolute Gasteiger partial charge is 0.323 e. The second-order valence-corrected chi connectivity index (χ2v) is 5.74. The Bertz CT molecular complexity index is 855. The van der Waals surface area contributed by atoms with Gasteiger partial charge in [-0.25, -0.2) is 9.78 Å². The van der Waals surface area contributed by atoms with E-state index < -0.39 is 0 Å². The first-order valence-corrected chi connectivity index (χ1v) is 7.77. The number of carbonyl (C=O) groups excluding carboxylic acids is 1. The lowest BCUT2D eigenvalue weighted by Crippen LogP contribution is -2.19. The molecule has 2 N–H and O–H groups in total. The number of carbonyl (C=O) groups is 1. The van der Waals surface area contributed by atoms with E-state index in [1.54, 1.807) is 24.3 Å². The number of benzene rings is 2. The third-order valence-corrected chi connectivity index (χ3v) is 3.67. The molecule has 24 heavy (non-hydrogen) atoms. The second-order valence-electron chi connectivity index (χ2n) is 5.30. The number of amides is 2. The molecule has 0 saturated heterocycles. The van der Waals surface area contributed by atoms with Crippen molar-refractivity contribution >= 4 is 29.0 Å². The number of aryl methyl sites for hydroxylation is 2. The molecule has 3 rings (SSSR count). The highest BCUT2D eigenvalue weighted by Gasteiger charge is 2.09. The van der Waals surface area contributed by atoms with Gasteiger partial charge in [-0.3, -0.25) is 0 Å². The Morgan fingerprint density at radius 3 is 2.00 bits per heavy atom. The van der Waals surface area contributed by atoms with Crippen LogP contribution in [0.5, 0.6) is 0 Å². The summed E-state index contributed by atoms with van der Waals surface area (Å²) in [5, 5.41) is 6.14. The molecule has 122 valence electrons. The lowest BCUT2D eigenvalue weighted by molar-refractivity contribution is 0.262. The largest absolute Gasteiger partial charge is 0.446 e. The Hall–Kier alpha value is -2.79. The molecule has 0 atom stereocenters. The summed E-state index contributed by atoms with van der Waals surface area (Å²) < 4.78 is 5.44. The van der Waals surface area contributed by atoms with Crippen molar-refractivity contribution in [3.05, 3.63) is 65.2 Å². The summed E-state index contributed by atoms with van der Waals surface area (Å²) in [4.78, 5) is 16.4. The number of urea groups is 1. The first kappa shape index (κ1) is 16.1. The highest BCUT2D eigenvalue weighted by Crippen LogP contribution is 2.24. The van der Waals surface area contributed by atoms with Crippen molar-refractivity contribution in [2.75, 3.05) is 10.6 Å². The van der Waals surface area contributed by atoms with Gasteiger partial charge in [-0.15, -0.1) is 0 Å². The van der Waals surface area contributed by atoms with Gasteiger partial charge in [0.2, 0.25) is 0 Å². The molecule has 1 heterocycles. The van der Waals surface area contributed by atoms with Crippen LogP contribution in [0.25, 0.3) is 11.3 Å². The van der Waals surface area contributed by atoms with Gasteiger partial charge < -0.3 is 15.1 Å². The van der Waals surface area contributed by atoms with E-state index in [-0.39, 0.29) is 6.03 Å². The summed E-state index contributed by atoms with van der Waals surface area (Å²) in [7, 11) is 0. The van der Waals surface area contributed by atoms with Crippen molar-refractivity contribution in [2.45, 2.75) is 13.8 Å². The minimum Gasteiger partial charge on any atom is -0.446 e. The van der Waals surface area contributed by atoms with Crippen molar-refractivity contribution in [1.29, 1.82) is 0 Å². The van der Waals surface area contributed by atoms with E-state index in [1.165, 1.54) is 0 Å². The Kier molecular flexibility index (Phi) is 4.53. The molecule has 3 aromatic rings. The quantitative estimate of drug-likeness (QED) is 0.683. The van der Waals surface area contributed by atoms with Crippen molar-refractivity contribution in [1.82, 2.24) is 4.98 Å². The number of aromatic nitrogens is 1. The van der Waals surface area contributed by atoms with Crippen LogP contribution in [-0.4, -0.2) is 11.0 Å². The lowest BCUT2D eigenvalue weighted by atomic mass is 10.1. The van der Waals surface area contributed by atoms with E-state index in [0.717, 1.165) is 17.0 Å². The van der Waals surface area contributed by atoms with Gasteiger partial charge in [-0.05, 0) is 43.3 Å². The third kappa shape index (κ3) is 3.75. The number of hydrogen-bond acceptors (Lipinski definition) is 3. The molecule has 0 unspecified atom stereocenters. The maximum atomic E-state index is 12.0. The molecule has 0 spiro atoms. The molecule has 0 bridgehead atoms. The fourth-order valence-corrected chi connectivity index (χ4v) is 2.46. The number of oxazole rings is 1. The van der Waals surface area contributed by atoms with E-state index in [9.17, 15) is 4.79 Å². The van der Waals surface area contributed by atoms with Gasteiger partial charge in [0.1, 0.15) is 11.5 Å². The average molecular weight is 342 g/mol. The molecule has 5 nitrogen and oxygen atoms in total. The molecular weight excluding hydrogens is 326 g/mol. The standard InChI is InChI=1S/C18H16ClN3O2/c1-11-17(20-12(2)24-11)13-3-7-15(8-4-13)21-18(23)22-16-9-5-14(19)6-10-16/h3-10H,1-2H3,(H2,21,22,23). The van der Waals surface area contributed by atoms with E-state index >= 15 is 0 Å². The van der Waals surface area contributed by atoms with E-state index in [0.29, 0.717) is 22.3 Å². The van der Waals surface area contributed by atoms with Crippen LogP contribution in [0.4, 0.5) is 16.2 Å². The van der Waals surface area contributed by atoms with Crippen LogP contribution in [0.2, 0.25) is 5.02 Å². The highest BCUT2D eigenvalue weighted by molar-refractivity contribution is 6.30. The topological polar surface area (TPSA) is 67.2 Å². The molecular formula is C18H16ClN3O2. The Balaban J connectivity index is 1.66. The summed E-state index contributed by atoms with van der Waals surface area (Å²) in [6.07, 6.45) is 0. The van der Waals surface area contributed by atoms with Gasteiger partial charge in [0.15, 0.2) is 5.89 Å². The summed E-state index contributed by atoms with van der Waals surface area (Å²) in [5.41, 5.74) is 3.10. The minimum atomic E-state index is -0.321. The van der Waals surface area contributed by atoms with Gasteiger partial charge in [0.05, 0.1) is 0 Å². The fourth-order valence-electron chi connectivity index (χ4n) is 2.33. The van der Waals surface area contributed by atoms with Gasteiger partial charge in [-0.1, -0.05) is 23.7 Å². The summed E-state index contributed by atoms with van der Waals surface area (Å²) >= 11 is 5.82. The normalized spacial score (nSPS) is 10.5. The first-order valence-electron chi connectivity index (χ1n) is 7.39. The van der Waals surface area contributed by atoms with Gasteiger partial charge in [0.25, 0.3) is 0 Å². The van der Waals surface area contributed by atoms with Crippen molar-refractivity contribution in [3.63, 3.8) is 0 Å². The number of nitrogens with zero attached hydrogens (tertiary/aromatic N) is 1. The van der Waals surface area contributed by atoms with E-state index in [4.69, 9.17) is 16.0 Å². The zero-order chi connectivity index (χ0) is 17.1. The number of rotatable bonds is 3. The molecule has 2 amide bonds. The zero-order valence-corrected chi connectivity index (χ0v) is 14.0. The molecule has 2 aromatic carbocycles. The molecule has 0 aliphatic carbocycles. The van der Waals surface area contributed by atoms with Crippen LogP contribution < -0.4 is 10.6 Å². The van der Waals surface area contributed by atoms with E-state index in [2.05, 4.69) is 15.6 Å². The highest BCUT2D eigenvalue weighted by atomic mass is 35.5. The molecule has 0 aliphatic rings. The predicted octanol–water partition coefficient (Wildman–Crippen LogP) is 5.26. The maximum Gasteiger partial charge on any atom is 0.323 e. The predicted molar refractivity (Wildman–Crippen MR) is 95.5 cm³/mol. The molecule has 0 radical (unpaired) electrons. The van der Waals surface area contributed by atoms with Gasteiger partial charge >= 0.3 is 6.03 Å². The summed E-state index contributed by atoms with van der Waals surface area (Å²) in [6, 6.07) is 14.0. The zero-order valence-electron chi connectivity index (χ0n) is 13.3. The van der Waals surface area contributed by atoms with Crippen LogP contribution in [0, 0.1) is 13.8 Å². The average Bonchev–Trinajstić information content (AvgIpc) is 2.89. The Labute approximate surface area is 144 Å². The summed E-state index contributed by atoms with van der Waals surface area (Å²) in [6.45, 7) is 3.69. The van der Waals surface area contributed by atoms with Crippen molar-refractivity contribution < 1.29 is 9.21 Å². The van der Waals surface area contributed by atoms with Crippen LogP contribution in [0.15, 0.2) is 52.9 Å². The Morgan fingerprint density at radius 1 is 0.958 bits per heavy atom. The van der Waals surface area contributed by atoms with Gasteiger partial charge in [0, 0.05) is 28.9 Å². The minimum absolute atomic E-state index is 0.321. The Morgan fingerprint density at radius 2 is 1.50 bits per heavy atom. The van der Waals surface area contributed by atoms with Crippen molar-refractivity contribution in [3.8, 4) is 11.3 Å². The number of nitrogens with one attached hydrogen (secondary N) is 2. The summed E-state index contributed by atoms with van der Waals surface area (Å²) in [5.74, 6) is 1.40. The molecule has 0 fully saturated rings. The van der Waals surface area contributed by atoms with Crippen LogP contribution >= 0.6 is 11.6 Å². The third-order valence-electron chi connectivity index (χ3n) is 3.42. The molecule has 1 aromatic heterocycles. The van der Waals surface area contributed by atoms with Crippen molar-refractivity contribution in [2.24, 2.45) is 0 Å². The van der Waals surface area contributed by atoms with E-state index in [1.807, 2.05) is 38.1 Å². The van der Waals surface area contributed by atoms with Crippen LogP contribution in [0.1, 0.15) is 11.7 Å². The van der Waals surface area contributed by atoms with Gasteiger partial charge in [-0.2, -0.15) is 0 Å². The SMILES string of the molecule is Cc1nc(-c2ccc(NC(=O)Nc3ccc(Cl)cc3)cc2)c(C)o1. The lowest BCUT2D eigenvalue weighted by Gasteiger charge is -2.08.